The lowest BCUT2D eigenvalue weighted by molar-refractivity contribution is 0.252. The zero-order valence-corrected chi connectivity index (χ0v) is 14.9. The molecule has 0 aliphatic rings. The number of hydrogen-bond donors (Lipinski definition) is 3. The van der Waals surface area contributed by atoms with E-state index in [1.165, 1.54) is 10.9 Å². The van der Waals surface area contributed by atoms with Crippen molar-refractivity contribution in [1.82, 2.24) is 10.3 Å². The maximum absolute atomic E-state index is 12.1. The van der Waals surface area contributed by atoms with Crippen LogP contribution in [0.25, 0.3) is 22.0 Å². The van der Waals surface area contributed by atoms with E-state index in [-0.39, 0.29) is 6.03 Å². The van der Waals surface area contributed by atoms with E-state index in [1.807, 2.05) is 60.8 Å². The standard InChI is InChI=1S/C23H21N3O/c27-23(24-15-14-19-16-25-22-9-5-4-8-21(19)22)26-20-12-10-18(11-13-20)17-6-2-1-3-7-17/h1-13,16,25H,14-15H2,(H2,24,26,27). The third kappa shape index (κ3) is 4.01. The number of para-hydroxylation sites is 1. The quantitative estimate of drug-likeness (QED) is 0.453. The van der Waals surface area contributed by atoms with Gasteiger partial charge in [-0.15, -0.1) is 0 Å². The molecule has 0 aliphatic carbocycles. The lowest BCUT2D eigenvalue weighted by atomic mass is 10.1. The number of rotatable bonds is 5. The first kappa shape index (κ1) is 16.9. The largest absolute Gasteiger partial charge is 0.361 e. The first-order valence-corrected chi connectivity index (χ1v) is 9.05. The van der Waals surface area contributed by atoms with Crippen LogP contribution in [0.4, 0.5) is 10.5 Å². The molecule has 4 rings (SSSR count). The minimum absolute atomic E-state index is 0.192. The second kappa shape index (κ2) is 7.79. The van der Waals surface area contributed by atoms with Gasteiger partial charge in [0.2, 0.25) is 0 Å². The Bertz CT molecular complexity index is 1040. The minimum Gasteiger partial charge on any atom is -0.361 e. The summed E-state index contributed by atoms with van der Waals surface area (Å²) in [7, 11) is 0. The summed E-state index contributed by atoms with van der Waals surface area (Å²) in [4.78, 5) is 15.4. The van der Waals surface area contributed by atoms with Crippen molar-refractivity contribution in [3.05, 3.63) is 90.6 Å². The van der Waals surface area contributed by atoms with E-state index in [9.17, 15) is 4.79 Å². The zero-order valence-electron chi connectivity index (χ0n) is 14.9. The number of fused-ring (bicyclic) bond motifs is 1. The van der Waals surface area contributed by atoms with Crippen molar-refractivity contribution in [1.29, 1.82) is 0 Å². The molecule has 0 spiro atoms. The van der Waals surface area contributed by atoms with Crippen molar-refractivity contribution in [2.45, 2.75) is 6.42 Å². The third-order valence-electron chi connectivity index (χ3n) is 4.60. The highest BCUT2D eigenvalue weighted by atomic mass is 16.2. The Labute approximate surface area is 158 Å². The van der Waals surface area contributed by atoms with Crippen LogP contribution < -0.4 is 10.6 Å². The predicted molar refractivity (Wildman–Crippen MR) is 111 cm³/mol. The Morgan fingerprint density at radius 3 is 2.33 bits per heavy atom. The van der Waals surface area contributed by atoms with Gasteiger partial charge in [0.15, 0.2) is 0 Å². The van der Waals surface area contributed by atoms with Gasteiger partial charge in [0.1, 0.15) is 0 Å². The van der Waals surface area contributed by atoms with Crippen LogP contribution in [-0.2, 0) is 6.42 Å². The molecule has 0 atom stereocenters. The SMILES string of the molecule is O=C(NCCc1c[nH]c2ccccc12)Nc1ccc(-c2ccccc2)cc1. The second-order valence-electron chi connectivity index (χ2n) is 6.43. The van der Waals surface area contributed by atoms with Crippen molar-refractivity contribution in [2.75, 3.05) is 11.9 Å². The second-order valence-corrected chi connectivity index (χ2v) is 6.43. The molecule has 0 unspecified atom stereocenters. The van der Waals surface area contributed by atoms with Crippen LogP contribution in [0, 0.1) is 0 Å². The summed E-state index contributed by atoms with van der Waals surface area (Å²) in [6.45, 7) is 0.579. The molecule has 4 nitrogen and oxygen atoms in total. The minimum atomic E-state index is -0.192. The molecule has 1 aromatic heterocycles. The van der Waals surface area contributed by atoms with Gasteiger partial charge in [-0.3, -0.25) is 0 Å². The molecule has 2 amide bonds. The Balaban J connectivity index is 1.30. The van der Waals surface area contributed by atoms with Crippen LogP contribution in [0.1, 0.15) is 5.56 Å². The smallest absolute Gasteiger partial charge is 0.319 e. The monoisotopic (exact) mass is 355 g/mol. The van der Waals surface area contributed by atoms with Crippen LogP contribution in [-0.4, -0.2) is 17.6 Å². The first-order chi connectivity index (χ1) is 13.3. The molecule has 3 N–H and O–H groups in total. The maximum atomic E-state index is 12.1. The van der Waals surface area contributed by atoms with E-state index >= 15 is 0 Å². The number of urea groups is 1. The fourth-order valence-corrected chi connectivity index (χ4v) is 3.20. The highest BCUT2D eigenvalue weighted by Gasteiger charge is 2.05. The van der Waals surface area contributed by atoms with Crippen molar-refractivity contribution >= 4 is 22.6 Å². The van der Waals surface area contributed by atoms with Gasteiger partial charge in [0.25, 0.3) is 0 Å². The summed E-state index contributed by atoms with van der Waals surface area (Å²) < 4.78 is 0. The Morgan fingerprint density at radius 1 is 0.815 bits per heavy atom. The van der Waals surface area contributed by atoms with Crippen molar-refractivity contribution in [3.8, 4) is 11.1 Å². The Morgan fingerprint density at radius 2 is 1.52 bits per heavy atom. The van der Waals surface area contributed by atoms with Gasteiger partial charge in [-0.2, -0.15) is 0 Å². The number of hydrogen-bond acceptors (Lipinski definition) is 1. The topological polar surface area (TPSA) is 56.9 Å². The average molecular weight is 355 g/mol. The highest BCUT2D eigenvalue weighted by molar-refractivity contribution is 5.89. The van der Waals surface area contributed by atoms with Gasteiger partial charge in [-0.05, 0) is 41.3 Å². The molecule has 0 aliphatic heterocycles. The van der Waals surface area contributed by atoms with Gasteiger partial charge in [-0.25, -0.2) is 4.79 Å². The number of benzene rings is 3. The molecule has 0 saturated heterocycles. The van der Waals surface area contributed by atoms with Gasteiger partial charge in [0.05, 0.1) is 0 Å². The van der Waals surface area contributed by atoms with Crippen LogP contribution in [0.3, 0.4) is 0 Å². The van der Waals surface area contributed by atoms with Crippen LogP contribution in [0.5, 0.6) is 0 Å². The van der Waals surface area contributed by atoms with E-state index in [2.05, 4.69) is 39.9 Å². The van der Waals surface area contributed by atoms with Crippen molar-refractivity contribution in [2.24, 2.45) is 0 Å². The molecular formula is C23H21N3O. The average Bonchev–Trinajstić information content (AvgIpc) is 3.12. The van der Waals surface area contributed by atoms with E-state index in [1.54, 1.807) is 0 Å². The van der Waals surface area contributed by atoms with E-state index in [4.69, 9.17) is 0 Å². The zero-order chi connectivity index (χ0) is 18.5. The van der Waals surface area contributed by atoms with Gasteiger partial charge in [-0.1, -0.05) is 60.7 Å². The molecule has 0 fully saturated rings. The predicted octanol–water partition coefficient (Wildman–Crippen LogP) is 5.20. The maximum Gasteiger partial charge on any atom is 0.319 e. The molecule has 4 aromatic rings. The number of anilines is 1. The lowest BCUT2D eigenvalue weighted by Crippen LogP contribution is -2.30. The van der Waals surface area contributed by atoms with Crippen LogP contribution >= 0.6 is 0 Å². The fraction of sp³-hybridized carbons (Fsp3) is 0.0870. The number of carbonyl (C=O) groups is 1. The lowest BCUT2D eigenvalue weighted by Gasteiger charge is -2.08. The summed E-state index contributed by atoms with van der Waals surface area (Å²) in [6.07, 6.45) is 2.79. The highest BCUT2D eigenvalue weighted by Crippen LogP contribution is 2.21. The molecule has 3 aromatic carbocycles. The Kier molecular flexibility index (Phi) is 4.88. The summed E-state index contributed by atoms with van der Waals surface area (Å²) >= 11 is 0. The number of amides is 2. The summed E-state index contributed by atoms with van der Waals surface area (Å²) in [5, 5.41) is 7.00. The molecule has 27 heavy (non-hydrogen) atoms. The summed E-state index contributed by atoms with van der Waals surface area (Å²) in [5.74, 6) is 0. The number of H-pyrrole nitrogens is 1. The Hall–Kier alpha value is -3.53. The van der Waals surface area contributed by atoms with Gasteiger partial charge >= 0.3 is 6.03 Å². The van der Waals surface area contributed by atoms with Crippen LogP contribution in [0.15, 0.2) is 85.1 Å². The molecule has 0 bridgehead atoms. The fourth-order valence-electron chi connectivity index (χ4n) is 3.20. The number of aromatic amines is 1. The van der Waals surface area contributed by atoms with Crippen LogP contribution in [0.2, 0.25) is 0 Å². The van der Waals surface area contributed by atoms with Gasteiger partial charge in [0, 0.05) is 29.3 Å². The number of aromatic nitrogens is 1. The first-order valence-electron chi connectivity index (χ1n) is 9.05. The summed E-state index contributed by atoms with van der Waals surface area (Å²) in [5.41, 5.74) is 5.39. The number of carbonyl (C=O) groups excluding carboxylic acids is 1. The molecule has 134 valence electrons. The van der Waals surface area contributed by atoms with E-state index in [0.717, 1.165) is 28.8 Å². The molecule has 1 heterocycles. The van der Waals surface area contributed by atoms with E-state index < -0.39 is 0 Å². The normalized spacial score (nSPS) is 10.7. The van der Waals surface area contributed by atoms with Gasteiger partial charge < -0.3 is 15.6 Å². The van der Waals surface area contributed by atoms with Crippen molar-refractivity contribution in [3.63, 3.8) is 0 Å². The molecular weight excluding hydrogens is 334 g/mol. The third-order valence-corrected chi connectivity index (χ3v) is 4.60. The molecule has 0 saturated carbocycles. The van der Waals surface area contributed by atoms with E-state index in [0.29, 0.717) is 6.54 Å². The van der Waals surface area contributed by atoms with Crippen molar-refractivity contribution < 1.29 is 4.79 Å². The molecule has 0 radical (unpaired) electrons. The molecule has 4 heteroatoms. The number of nitrogens with one attached hydrogen (secondary N) is 3. The summed E-state index contributed by atoms with van der Waals surface area (Å²) in [6, 6.07) is 26.0.